The number of anilines is 1. The molecule has 0 radical (unpaired) electrons. The van der Waals surface area contributed by atoms with Crippen LogP contribution in [0.5, 0.6) is 0 Å². The summed E-state index contributed by atoms with van der Waals surface area (Å²) in [5.41, 5.74) is 3.21. The van der Waals surface area contributed by atoms with Crippen molar-refractivity contribution >= 4 is 5.69 Å². The van der Waals surface area contributed by atoms with E-state index < -0.39 is 0 Å². The van der Waals surface area contributed by atoms with Crippen LogP contribution < -0.4 is 5.32 Å². The highest BCUT2D eigenvalue weighted by molar-refractivity contribution is 5.45. The Hall–Kier alpha value is -1.88. The number of aliphatic hydroxyl groups excluding tert-OH is 1. The molecular weight excluding hydrogens is 228 g/mol. The molecule has 2 N–H and O–H groups in total. The molecule has 96 valence electrons. The SMILES string of the molecule is Cc1cccc(NCc2cn(CCCO)nn2)c1. The van der Waals surface area contributed by atoms with Gasteiger partial charge in [0, 0.05) is 18.8 Å². The van der Waals surface area contributed by atoms with Crippen molar-refractivity contribution in [1.82, 2.24) is 15.0 Å². The fraction of sp³-hybridized carbons (Fsp3) is 0.385. The maximum atomic E-state index is 8.74. The van der Waals surface area contributed by atoms with Crippen molar-refractivity contribution in [2.45, 2.75) is 26.4 Å². The molecule has 2 aromatic rings. The molecule has 0 saturated carbocycles. The van der Waals surface area contributed by atoms with Crippen LogP contribution in [-0.4, -0.2) is 26.7 Å². The van der Waals surface area contributed by atoms with Gasteiger partial charge in [-0.1, -0.05) is 17.3 Å². The number of hydrogen-bond acceptors (Lipinski definition) is 4. The Bertz CT molecular complexity index is 495. The molecule has 0 fully saturated rings. The van der Waals surface area contributed by atoms with E-state index in [1.807, 2.05) is 18.3 Å². The third kappa shape index (κ3) is 3.56. The number of aliphatic hydroxyl groups is 1. The normalized spacial score (nSPS) is 10.6. The molecule has 0 bridgehead atoms. The first-order valence-electron chi connectivity index (χ1n) is 6.08. The molecule has 18 heavy (non-hydrogen) atoms. The van der Waals surface area contributed by atoms with Gasteiger partial charge in [-0.3, -0.25) is 4.68 Å². The standard InChI is InChI=1S/C13H18N4O/c1-11-4-2-5-12(8-11)14-9-13-10-17(16-15-13)6-3-7-18/h2,4-5,8,10,14,18H,3,6-7,9H2,1H3. The first-order chi connectivity index (χ1) is 8.78. The highest BCUT2D eigenvalue weighted by Gasteiger charge is 2.00. The van der Waals surface area contributed by atoms with Crippen LogP contribution in [0, 0.1) is 6.92 Å². The van der Waals surface area contributed by atoms with Gasteiger partial charge in [-0.2, -0.15) is 0 Å². The van der Waals surface area contributed by atoms with Gasteiger partial charge in [0.05, 0.1) is 12.7 Å². The minimum atomic E-state index is 0.177. The Labute approximate surface area is 106 Å². The van der Waals surface area contributed by atoms with Gasteiger partial charge in [0.25, 0.3) is 0 Å². The largest absolute Gasteiger partial charge is 0.396 e. The number of nitrogens with zero attached hydrogens (tertiary/aromatic N) is 3. The van der Waals surface area contributed by atoms with Crippen molar-refractivity contribution in [3.05, 3.63) is 41.7 Å². The van der Waals surface area contributed by atoms with E-state index in [0.29, 0.717) is 19.5 Å². The van der Waals surface area contributed by atoms with E-state index in [4.69, 9.17) is 5.11 Å². The number of rotatable bonds is 6. The molecule has 1 aromatic heterocycles. The van der Waals surface area contributed by atoms with Crippen LogP contribution in [0.4, 0.5) is 5.69 Å². The van der Waals surface area contributed by atoms with Crippen molar-refractivity contribution < 1.29 is 5.11 Å². The van der Waals surface area contributed by atoms with E-state index in [9.17, 15) is 0 Å². The zero-order valence-corrected chi connectivity index (χ0v) is 10.5. The van der Waals surface area contributed by atoms with Crippen LogP contribution in [0.1, 0.15) is 17.7 Å². The lowest BCUT2D eigenvalue weighted by atomic mass is 10.2. The van der Waals surface area contributed by atoms with Crippen LogP contribution in [0.2, 0.25) is 0 Å². The first kappa shape index (κ1) is 12.6. The molecule has 0 aliphatic rings. The first-order valence-corrected chi connectivity index (χ1v) is 6.08. The summed E-state index contributed by atoms with van der Waals surface area (Å²) < 4.78 is 1.75. The fourth-order valence-corrected chi connectivity index (χ4v) is 1.71. The molecule has 5 nitrogen and oxygen atoms in total. The average Bonchev–Trinajstić information content (AvgIpc) is 2.82. The van der Waals surface area contributed by atoms with Crippen molar-refractivity contribution in [2.75, 3.05) is 11.9 Å². The second kappa shape index (κ2) is 6.16. The molecular formula is C13H18N4O. The summed E-state index contributed by atoms with van der Waals surface area (Å²) >= 11 is 0. The summed E-state index contributed by atoms with van der Waals surface area (Å²) in [5, 5.41) is 20.1. The van der Waals surface area contributed by atoms with E-state index in [1.165, 1.54) is 5.56 Å². The minimum Gasteiger partial charge on any atom is -0.396 e. The Balaban J connectivity index is 1.88. The number of hydrogen-bond donors (Lipinski definition) is 2. The van der Waals surface area contributed by atoms with Crippen molar-refractivity contribution in [3.8, 4) is 0 Å². The van der Waals surface area contributed by atoms with Gasteiger partial charge in [-0.05, 0) is 31.0 Å². The number of aryl methyl sites for hydroxylation is 2. The maximum absolute atomic E-state index is 8.74. The van der Waals surface area contributed by atoms with E-state index in [-0.39, 0.29) is 6.61 Å². The summed E-state index contributed by atoms with van der Waals surface area (Å²) in [4.78, 5) is 0. The quantitative estimate of drug-likeness (QED) is 0.812. The van der Waals surface area contributed by atoms with Gasteiger partial charge in [0.2, 0.25) is 0 Å². The Morgan fingerprint density at radius 2 is 2.28 bits per heavy atom. The van der Waals surface area contributed by atoms with Gasteiger partial charge in [0.1, 0.15) is 5.69 Å². The Kier molecular flexibility index (Phi) is 4.30. The summed E-state index contributed by atoms with van der Waals surface area (Å²) in [7, 11) is 0. The summed E-state index contributed by atoms with van der Waals surface area (Å²) in [6.45, 7) is 3.60. The molecule has 0 atom stereocenters. The second-order valence-corrected chi connectivity index (χ2v) is 4.27. The predicted octanol–water partition coefficient (Wildman–Crippen LogP) is 1.58. The lowest BCUT2D eigenvalue weighted by Crippen LogP contribution is -2.01. The zero-order valence-electron chi connectivity index (χ0n) is 10.5. The molecule has 0 amide bonds. The molecule has 1 aromatic carbocycles. The van der Waals surface area contributed by atoms with Gasteiger partial charge in [0.15, 0.2) is 0 Å². The lowest BCUT2D eigenvalue weighted by Gasteiger charge is -2.04. The Morgan fingerprint density at radius 1 is 1.39 bits per heavy atom. The van der Waals surface area contributed by atoms with Gasteiger partial charge in [-0.15, -0.1) is 5.10 Å². The smallest absolute Gasteiger partial charge is 0.102 e. The topological polar surface area (TPSA) is 63.0 Å². The highest BCUT2D eigenvalue weighted by atomic mass is 16.3. The van der Waals surface area contributed by atoms with Crippen LogP contribution >= 0.6 is 0 Å². The molecule has 2 rings (SSSR count). The number of aromatic nitrogens is 3. The van der Waals surface area contributed by atoms with Gasteiger partial charge < -0.3 is 10.4 Å². The number of nitrogens with one attached hydrogen (secondary N) is 1. The molecule has 0 unspecified atom stereocenters. The number of benzene rings is 1. The summed E-state index contributed by atoms with van der Waals surface area (Å²) in [5.74, 6) is 0. The second-order valence-electron chi connectivity index (χ2n) is 4.27. The summed E-state index contributed by atoms with van der Waals surface area (Å²) in [6, 6.07) is 8.21. The van der Waals surface area contributed by atoms with Crippen molar-refractivity contribution in [2.24, 2.45) is 0 Å². The molecule has 0 aliphatic heterocycles. The third-order valence-corrected chi connectivity index (χ3v) is 2.62. The Morgan fingerprint density at radius 3 is 3.06 bits per heavy atom. The molecule has 1 heterocycles. The highest BCUT2D eigenvalue weighted by Crippen LogP contribution is 2.10. The molecule has 0 aliphatic carbocycles. The lowest BCUT2D eigenvalue weighted by molar-refractivity contribution is 0.276. The monoisotopic (exact) mass is 246 g/mol. The van der Waals surface area contributed by atoms with Crippen LogP contribution in [0.25, 0.3) is 0 Å². The van der Waals surface area contributed by atoms with Crippen LogP contribution in [-0.2, 0) is 13.1 Å². The minimum absolute atomic E-state index is 0.177. The molecule has 0 spiro atoms. The zero-order chi connectivity index (χ0) is 12.8. The predicted molar refractivity (Wildman–Crippen MR) is 70.2 cm³/mol. The van der Waals surface area contributed by atoms with E-state index in [0.717, 1.165) is 11.4 Å². The van der Waals surface area contributed by atoms with E-state index in [1.54, 1.807) is 4.68 Å². The van der Waals surface area contributed by atoms with E-state index >= 15 is 0 Å². The van der Waals surface area contributed by atoms with Crippen LogP contribution in [0.15, 0.2) is 30.5 Å². The van der Waals surface area contributed by atoms with Gasteiger partial charge in [-0.25, -0.2) is 0 Å². The maximum Gasteiger partial charge on any atom is 0.102 e. The average molecular weight is 246 g/mol. The molecule has 0 saturated heterocycles. The van der Waals surface area contributed by atoms with Crippen molar-refractivity contribution in [3.63, 3.8) is 0 Å². The van der Waals surface area contributed by atoms with Gasteiger partial charge >= 0.3 is 0 Å². The van der Waals surface area contributed by atoms with E-state index in [2.05, 4.69) is 34.7 Å². The summed E-state index contributed by atoms with van der Waals surface area (Å²) in [6.07, 6.45) is 2.60. The fourth-order valence-electron chi connectivity index (χ4n) is 1.71. The van der Waals surface area contributed by atoms with Crippen molar-refractivity contribution in [1.29, 1.82) is 0 Å². The third-order valence-electron chi connectivity index (χ3n) is 2.62. The van der Waals surface area contributed by atoms with Crippen LogP contribution in [0.3, 0.4) is 0 Å². The molecule has 5 heteroatoms.